The molecule has 2 fully saturated rings. The average molecular weight is 357 g/mol. The van der Waals surface area contributed by atoms with E-state index >= 15 is 0 Å². The van der Waals surface area contributed by atoms with Gasteiger partial charge in [-0.2, -0.15) is 0 Å². The number of hydrogen-bond donors (Lipinski definition) is 3. The normalized spacial score (nSPS) is 29.7. The Morgan fingerprint density at radius 3 is 2.56 bits per heavy atom. The summed E-state index contributed by atoms with van der Waals surface area (Å²) in [6, 6.07) is 3.14. The number of nitrogens with zero attached hydrogens (tertiary/aromatic N) is 1. The molecule has 1 heterocycles. The molecule has 3 N–H and O–H groups in total. The van der Waals surface area contributed by atoms with Gasteiger partial charge in [0.25, 0.3) is 0 Å². The van der Waals surface area contributed by atoms with Gasteiger partial charge in [-0.1, -0.05) is 12.8 Å². The number of ether oxygens (including phenoxy) is 1. The van der Waals surface area contributed by atoms with Crippen LogP contribution in [0.1, 0.15) is 32.1 Å². The lowest BCUT2D eigenvalue weighted by molar-refractivity contribution is -0.147. The molecule has 3 rings (SSSR count). The van der Waals surface area contributed by atoms with Crippen molar-refractivity contribution in [3.8, 4) is 5.75 Å². The Balaban J connectivity index is 1.62. The van der Waals surface area contributed by atoms with Gasteiger partial charge in [-0.05, 0) is 31.4 Å². The summed E-state index contributed by atoms with van der Waals surface area (Å²) in [6.45, 7) is 0.943. The van der Waals surface area contributed by atoms with Gasteiger partial charge >= 0.3 is 0 Å². The molecule has 140 valence electrons. The molecule has 1 saturated heterocycles. The van der Waals surface area contributed by atoms with Gasteiger partial charge in [-0.3, -0.25) is 4.90 Å². The van der Waals surface area contributed by atoms with Crippen LogP contribution in [0.2, 0.25) is 0 Å². The van der Waals surface area contributed by atoms with Crippen LogP contribution < -0.4 is 4.74 Å². The van der Waals surface area contributed by atoms with E-state index in [2.05, 4.69) is 0 Å². The summed E-state index contributed by atoms with van der Waals surface area (Å²) in [5, 5.41) is 31.5. The van der Waals surface area contributed by atoms with Crippen LogP contribution in [0, 0.1) is 11.6 Å². The van der Waals surface area contributed by atoms with Crippen LogP contribution in [0.3, 0.4) is 0 Å². The van der Waals surface area contributed by atoms with Crippen molar-refractivity contribution in [2.45, 2.75) is 49.4 Å². The number of hydrogen-bond acceptors (Lipinski definition) is 5. The van der Waals surface area contributed by atoms with Crippen LogP contribution in [0.15, 0.2) is 18.2 Å². The molecule has 1 aliphatic heterocycles. The zero-order valence-corrected chi connectivity index (χ0v) is 14.1. The molecule has 0 spiro atoms. The lowest BCUT2D eigenvalue weighted by atomic mass is 9.89. The number of rotatable bonds is 5. The van der Waals surface area contributed by atoms with Crippen LogP contribution in [0.4, 0.5) is 8.78 Å². The molecule has 1 saturated carbocycles. The van der Waals surface area contributed by atoms with Crippen molar-refractivity contribution >= 4 is 0 Å². The summed E-state index contributed by atoms with van der Waals surface area (Å²) in [5.74, 6) is -1.91. The molecule has 1 aliphatic carbocycles. The molecule has 0 bridgehead atoms. The van der Waals surface area contributed by atoms with Gasteiger partial charge in [0.1, 0.15) is 18.0 Å². The van der Waals surface area contributed by atoms with Gasteiger partial charge in [0.2, 0.25) is 0 Å². The van der Waals surface area contributed by atoms with Gasteiger partial charge in [0.15, 0.2) is 11.6 Å². The van der Waals surface area contributed by atoms with Crippen molar-refractivity contribution in [1.29, 1.82) is 0 Å². The van der Waals surface area contributed by atoms with E-state index in [1.165, 1.54) is 6.07 Å². The van der Waals surface area contributed by atoms with Crippen molar-refractivity contribution in [2.75, 3.05) is 26.2 Å². The molecular formula is C18H25F2NO4. The summed E-state index contributed by atoms with van der Waals surface area (Å²) >= 11 is 0. The van der Waals surface area contributed by atoms with Gasteiger partial charge in [-0.25, -0.2) is 8.78 Å². The monoisotopic (exact) mass is 357 g/mol. The van der Waals surface area contributed by atoms with E-state index in [1.807, 2.05) is 4.90 Å². The first-order valence-electron chi connectivity index (χ1n) is 8.73. The van der Waals surface area contributed by atoms with Crippen LogP contribution >= 0.6 is 0 Å². The van der Waals surface area contributed by atoms with Crippen molar-refractivity contribution < 1.29 is 28.8 Å². The summed E-state index contributed by atoms with van der Waals surface area (Å²) in [7, 11) is 0. The quantitative estimate of drug-likeness (QED) is 0.744. The minimum absolute atomic E-state index is 0.0890. The van der Waals surface area contributed by atoms with E-state index < -0.39 is 28.9 Å². The fraction of sp³-hybridized carbons (Fsp3) is 0.667. The smallest absolute Gasteiger partial charge is 0.162 e. The lowest BCUT2D eigenvalue weighted by Crippen LogP contribution is -2.61. The lowest BCUT2D eigenvalue weighted by Gasteiger charge is -2.44. The SMILES string of the molecule is O[C@H]1CCN(CC2(O)CCCC2)C[C@]1(O)COc1ccc(F)c(F)c1. The molecule has 7 heteroatoms. The summed E-state index contributed by atoms with van der Waals surface area (Å²) < 4.78 is 31.6. The van der Waals surface area contributed by atoms with Crippen molar-refractivity contribution in [1.82, 2.24) is 4.90 Å². The van der Waals surface area contributed by atoms with E-state index in [0.29, 0.717) is 19.5 Å². The summed E-state index contributed by atoms with van der Waals surface area (Å²) in [6.07, 6.45) is 2.86. The highest BCUT2D eigenvalue weighted by Gasteiger charge is 2.44. The first-order chi connectivity index (χ1) is 11.8. The van der Waals surface area contributed by atoms with E-state index in [0.717, 1.165) is 37.8 Å². The van der Waals surface area contributed by atoms with E-state index in [9.17, 15) is 24.1 Å². The number of β-amino-alcohol motifs (C(OH)–C–C–N with tert-alkyl or cyclic N) is 2. The molecule has 1 aromatic carbocycles. The van der Waals surface area contributed by atoms with Crippen LogP contribution in [0.5, 0.6) is 5.75 Å². The Morgan fingerprint density at radius 2 is 1.88 bits per heavy atom. The Kier molecular flexibility index (Phi) is 5.29. The minimum atomic E-state index is -1.53. The fourth-order valence-corrected chi connectivity index (χ4v) is 3.80. The molecule has 25 heavy (non-hydrogen) atoms. The number of aliphatic hydroxyl groups excluding tert-OH is 1. The molecule has 2 atom stereocenters. The first-order valence-corrected chi connectivity index (χ1v) is 8.73. The topological polar surface area (TPSA) is 73.2 Å². The molecule has 1 aromatic rings. The second kappa shape index (κ2) is 7.15. The van der Waals surface area contributed by atoms with Crippen molar-refractivity contribution in [2.24, 2.45) is 0 Å². The maximum atomic E-state index is 13.2. The van der Waals surface area contributed by atoms with E-state index in [-0.39, 0.29) is 18.9 Å². The molecule has 0 unspecified atom stereocenters. The minimum Gasteiger partial charge on any atom is -0.490 e. The highest BCUT2D eigenvalue weighted by Crippen LogP contribution is 2.32. The van der Waals surface area contributed by atoms with Gasteiger partial charge in [0, 0.05) is 25.7 Å². The number of benzene rings is 1. The highest BCUT2D eigenvalue weighted by molar-refractivity contribution is 5.23. The standard InChI is InChI=1S/C18H25F2NO4/c19-14-4-3-13(9-15(14)20)25-12-18(24)11-21(8-5-16(18)22)10-17(23)6-1-2-7-17/h3-4,9,16,22-24H,1-2,5-8,10-12H2/t16-,18-/m0/s1. The van der Waals surface area contributed by atoms with Gasteiger partial charge < -0.3 is 20.1 Å². The maximum absolute atomic E-state index is 13.2. The molecule has 0 radical (unpaired) electrons. The Morgan fingerprint density at radius 1 is 1.16 bits per heavy atom. The fourth-order valence-electron chi connectivity index (χ4n) is 3.80. The third kappa shape index (κ3) is 4.28. The molecular weight excluding hydrogens is 332 g/mol. The van der Waals surface area contributed by atoms with E-state index in [4.69, 9.17) is 4.74 Å². The predicted octanol–water partition coefficient (Wildman–Crippen LogP) is 1.45. The second-order valence-corrected chi connectivity index (χ2v) is 7.41. The largest absolute Gasteiger partial charge is 0.490 e. The van der Waals surface area contributed by atoms with Crippen molar-refractivity contribution in [3.05, 3.63) is 29.8 Å². The summed E-state index contributed by atoms with van der Waals surface area (Å²) in [4.78, 5) is 1.94. The molecule has 0 amide bonds. The zero-order chi connectivity index (χ0) is 18.1. The van der Waals surface area contributed by atoms with Crippen LogP contribution in [-0.4, -0.2) is 63.8 Å². The number of halogens is 2. The van der Waals surface area contributed by atoms with Gasteiger partial charge in [0.05, 0.1) is 11.7 Å². The second-order valence-electron chi connectivity index (χ2n) is 7.41. The molecule has 5 nitrogen and oxygen atoms in total. The molecule has 0 aromatic heterocycles. The van der Waals surface area contributed by atoms with Crippen LogP contribution in [-0.2, 0) is 0 Å². The molecule has 2 aliphatic rings. The maximum Gasteiger partial charge on any atom is 0.162 e. The Labute approximate surface area is 145 Å². The number of piperidine rings is 1. The van der Waals surface area contributed by atoms with Gasteiger partial charge in [-0.15, -0.1) is 0 Å². The zero-order valence-electron chi connectivity index (χ0n) is 14.1. The van der Waals surface area contributed by atoms with E-state index in [1.54, 1.807) is 0 Å². The van der Waals surface area contributed by atoms with Crippen molar-refractivity contribution in [3.63, 3.8) is 0 Å². The third-order valence-corrected chi connectivity index (χ3v) is 5.27. The number of likely N-dealkylation sites (tertiary alicyclic amines) is 1. The average Bonchev–Trinajstić information content (AvgIpc) is 2.99. The third-order valence-electron chi connectivity index (χ3n) is 5.27. The Hall–Kier alpha value is -1.28. The van der Waals surface area contributed by atoms with Crippen LogP contribution in [0.25, 0.3) is 0 Å². The summed E-state index contributed by atoms with van der Waals surface area (Å²) in [5.41, 5.74) is -2.26. The highest BCUT2D eigenvalue weighted by atomic mass is 19.2. The Bertz CT molecular complexity index is 609. The number of aliphatic hydroxyl groups is 3. The first kappa shape index (κ1) is 18.5. The predicted molar refractivity (Wildman–Crippen MR) is 87.3 cm³/mol.